The van der Waals surface area contributed by atoms with E-state index >= 15 is 0 Å². The third-order valence-corrected chi connectivity index (χ3v) is 7.12. The number of hydrogen-bond acceptors (Lipinski definition) is 7. The molecule has 1 amide bonds. The largest absolute Gasteiger partial charge is 0.458 e. The van der Waals surface area contributed by atoms with Gasteiger partial charge in [-0.05, 0) is 83.2 Å². The van der Waals surface area contributed by atoms with Crippen molar-refractivity contribution in [2.75, 3.05) is 0 Å². The van der Waals surface area contributed by atoms with Gasteiger partial charge in [0.1, 0.15) is 10.6 Å². The summed E-state index contributed by atoms with van der Waals surface area (Å²) >= 11 is 1.40. The second kappa shape index (κ2) is 12.4. The van der Waals surface area contributed by atoms with Crippen molar-refractivity contribution in [2.45, 2.75) is 80.1 Å². The molecule has 1 N–H and O–H groups in total. The van der Waals surface area contributed by atoms with Crippen LogP contribution < -0.4 is 5.32 Å². The number of hydrogen-bond donors (Lipinski definition) is 1. The highest BCUT2D eigenvalue weighted by atomic mass is 32.1. The molecule has 2 heterocycles. The average Bonchev–Trinajstić information content (AvgIpc) is 3.36. The number of nitrogens with one attached hydrogen (secondary N) is 1. The van der Waals surface area contributed by atoms with E-state index in [2.05, 4.69) is 61.4 Å². The van der Waals surface area contributed by atoms with E-state index in [4.69, 9.17) is 14.5 Å². The van der Waals surface area contributed by atoms with Crippen molar-refractivity contribution in [3.05, 3.63) is 70.4 Å². The Bertz CT molecular complexity index is 1550. The summed E-state index contributed by atoms with van der Waals surface area (Å²) in [7, 11) is 0. The van der Waals surface area contributed by atoms with Crippen LogP contribution in [0.4, 0.5) is 4.79 Å². The van der Waals surface area contributed by atoms with Gasteiger partial charge in [0.05, 0.1) is 11.6 Å². The van der Waals surface area contributed by atoms with Crippen LogP contribution >= 0.6 is 11.3 Å². The van der Waals surface area contributed by atoms with Crippen LogP contribution in [0.2, 0.25) is 0 Å². The van der Waals surface area contributed by atoms with E-state index in [1.165, 1.54) is 11.3 Å². The lowest BCUT2D eigenvalue weighted by Crippen LogP contribution is -2.32. The number of esters is 1. The maximum Gasteiger partial charge on any atom is 0.407 e. The van der Waals surface area contributed by atoms with Crippen LogP contribution in [-0.4, -0.2) is 33.7 Å². The topological polar surface area (TPSA) is 90.4 Å². The number of amides is 1. The van der Waals surface area contributed by atoms with Crippen molar-refractivity contribution in [3.8, 4) is 21.7 Å². The lowest BCUT2D eigenvalue weighted by molar-refractivity contribution is 0.0371. The lowest BCUT2D eigenvalue weighted by Gasteiger charge is -2.22. The smallest absolute Gasteiger partial charge is 0.407 e. The second-order valence-corrected chi connectivity index (χ2v) is 12.8. The van der Waals surface area contributed by atoms with E-state index in [9.17, 15) is 9.59 Å². The Morgan fingerprint density at radius 1 is 0.976 bits per heavy atom. The molecule has 0 unspecified atom stereocenters. The van der Waals surface area contributed by atoms with E-state index in [0.29, 0.717) is 11.6 Å². The van der Waals surface area contributed by atoms with Crippen molar-refractivity contribution >= 4 is 34.3 Å². The number of fused-ring (bicyclic) bond motifs is 1. The summed E-state index contributed by atoms with van der Waals surface area (Å²) in [5.74, 6) is -0.0659. The Morgan fingerprint density at radius 3 is 2.29 bits per heavy atom. The maximum atomic E-state index is 12.7. The van der Waals surface area contributed by atoms with Gasteiger partial charge in [0.15, 0.2) is 5.69 Å². The first-order valence-electron chi connectivity index (χ1n) is 14.0. The fourth-order valence-electron chi connectivity index (χ4n) is 4.53. The van der Waals surface area contributed by atoms with Crippen LogP contribution in [0.5, 0.6) is 0 Å². The summed E-state index contributed by atoms with van der Waals surface area (Å²) in [6.07, 6.45) is 0.0693. The Morgan fingerprint density at radius 2 is 1.66 bits per heavy atom. The molecule has 0 spiro atoms. The highest BCUT2D eigenvalue weighted by Gasteiger charge is 2.22. The fraction of sp³-hybridized carbons (Fsp3) is 0.394. The molecule has 0 atom stereocenters. The van der Waals surface area contributed by atoms with Gasteiger partial charge in [0.2, 0.25) is 0 Å². The molecule has 0 saturated carbocycles. The molecular weight excluding hydrogens is 534 g/mol. The monoisotopic (exact) mass is 573 g/mol. The number of aryl methyl sites for hydroxylation is 1. The van der Waals surface area contributed by atoms with E-state index in [1.54, 1.807) is 5.38 Å². The molecule has 2 aromatic carbocycles. The lowest BCUT2D eigenvalue weighted by atomic mass is 9.90. The third-order valence-electron chi connectivity index (χ3n) is 6.22. The molecule has 0 aliphatic carbocycles. The van der Waals surface area contributed by atoms with Crippen molar-refractivity contribution in [2.24, 2.45) is 5.92 Å². The number of carbonyl (C=O) groups excluding carboxylic acids is 2. The first-order valence-corrected chi connectivity index (χ1v) is 14.8. The highest BCUT2D eigenvalue weighted by Crippen LogP contribution is 2.37. The number of carbonyl (C=O) groups is 2. The molecule has 8 heteroatoms. The molecule has 0 aliphatic heterocycles. The minimum Gasteiger partial charge on any atom is -0.458 e. The zero-order valence-corrected chi connectivity index (χ0v) is 25.9. The van der Waals surface area contributed by atoms with Crippen LogP contribution in [0.25, 0.3) is 32.6 Å². The number of benzene rings is 2. The first-order chi connectivity index (χ1) is 19.3. The number of rotatable bonds is 8. The second-order valence-electron chi connectivity index (χ2n) is 12.0. The summed E-state index contributed by atoms with van der Waals surface area (Å²) in [4.78, 5) is 34.8. The molecule has 0 bridgehead atoms. The zero-order valence-electron chi connectivity index (χ0n) is 25.1. The molecule has 216 valence electrons. The Hall–Kier alpha value is -3.78. The van der Waals surface area contributed by atoms with Gasteiger partial charge in [0, 0.05) is 34.1 Å². The van der Waals surface area contributed by atoms with Crippen molar-refractivity contribution in [1.29, 1.82) is 0 Å². The third kappa shape index (κ3) is 7.70. The van der Waals surface area contributed by atoms with Crippen molar-refractivity contribution in [3.63, 3.8) is 0 Å². The molecule has 0 radical (unpaired) electrons. The summed E-state index contributed by atoms with van der Waals surface area (Å²) in [6, 6.07) is 14.5. The van der Waals surface area contributed by atoms with Crippen LogP contribution in [0.3, 0.4) is 0 Å². The minimum atomic E-state index is -0.602. The molecule has 4 rings (SSSR count). The van der Waals surface area contributed by atoms with E-state index in [1.807, 2.05) is 46.8 Å². The number of pyridine rings is 1. The Labute approximate surface area is 246 Å². The predicted molar refractivity (Wildman–Crippen MR) is 165 cm³/mol. The molecule has 7 nitrogen and oxygen atoms in total. The molecular formula is C33H39N3O4S. The quantitative estimate of drug-likeness (QED) is 0.214. The van der Waals surface area contributed by atoms with Crippen molar-refractivity contribution < 1.29 is 19.1 Å². The van der Waals surface area contributed by atoms with Gasteiger partial charge in [-0.2, -0.15) is 0 Å². The van der Waals surface area contributed by atoms with Gasteiger partial charge in [-0.3, -0.25) is 4.98 Å². The summed E-state index contributed by atoms with van der Waals surface area (Å²) in [6.45, 7) is 15.8. The molecule has 4 aromatic rings. The molecule has 0 saturated heterocycles. The van der Waals surface area contributed by atoms with Gasteiger partial charge < -0.3 is 14.8 Å². The standard InChI is InChI=1S/C33H39N3O4S/c1-19(2)15-27-25(17-34-32(38)40-33(6,7)8)29(22-11-9-21(5)10-12-22)24-16-23(13-14-26(24)35-27)30-36-28(18-41-30)31(37)39-20(3)4/h9-14,16,18-20H,15,17H2,1-8H3,(H,34,38). The molecule has 2 aromatic heterocycles. The number of aromatic nitrogens is 2. The van der Waals surface area contributed by atoms with Gasteiger partial charge in [0.25, 0.3) is 0 Å². The van der Waals surface area contributed by atoms with Crippen molar-refractivity contribution in [1.82, 2.24) is 15.3 Å². The highest BCUT2D eigenvalue weighted by molar-refractivity contribution is 7.13. The van der Waals surface area contributed by atoms with E-state index < -0.39 is 17.7 Å². The normalized spacial score (nSPS) is 11.8. The van der Waals surface area contributed by atoms with Crippen LogP contribution in [0, 0.1) is 12.8 Å². The van der Waals surface area contributed by atoms with Gasteiger partial charge in [-0.1, -0.05) is 43.7 Å². The Kier molecular flexibility index (Phi) is 9.12. The number of alkyl carbamates (subject to hydrolysis) is 1. The molecule has 0 aliphatic rings. The SMILES string of the molecule is Cc1ccc(-c2c(CNC(=O)OC(C)(C)C)c(CC(C)C)nc3ccc(-c4nc(C(=O)OC(C)C)cs4)cc23)cc1. The maximum absolute atomic E-state index is 12.7. The van der Waals surface area contributed by atoms with Gasteiger partial charge in [-0.25, -0.2) is 14.6 Å². The summed E-state index contributed by atoms with van der Waals surface area (Å²) < 4.78 is 10.9. The Balaban J connectivity index is 1.88. The predicted octanol–water partition coefficient (Wildman–Crippen LogP) is 8.12. The van der Waals surface area contributed by atoms with Crippen LogP contribution in [-0.2, 0) is 22.4 Å². The number of thiazole rings is 1. The summed E-state index contributed by atoms with van der Waals surface area (Å²) in [5, 5.41) is 6.36. The zero-order chi connectivity index (χ0) is 29.9. The van der Waals surface area contributed by atoms with E-state index in [0.717, 1.165) is 55.8 Å². The van der Waals surface area contributed by atoms with Gasteiger partial charge in [-0.15, -0.1) is 11.3 Å². The fourth-order valence-corrected chi connectivity index (χ4v) is 5.32. The average molecular weight is 574 g/mol. The van der Waals surface area contributed by atoms with Crippen LogP contribution in [0.15, 0.2) is 47.8 Å². The number of nitrogens with zero attached hydrogens (tertiary/aromatic N) is 2. The summed E-state index contributed by atoms with van der Waals surface area (Å²) in [5.41, 5.74) is 6.54. The van der Waals surface area contributed by atoms with E-state index in [-0.39, 0.29) is 12.6 Å². The molecule has 41 heavy (non-hydrogen) atoms. The van der Waals surface area contributed by atoms with Crippen LogP contribution in [0.1, 0.15) is 75.8 Å². The number of ether oxygens (including phenoxy) is 2. The molecule has 0 fully saturated rings. The van der Waals surface area contributed by atoms with Gasteiger partial charge >= 0.3 is 12.1 Å². The minimum absolute atomic E-state index is 0.218. The first kappa shape index (κ1) is 30.2.